The van der Waals surface area contributed by atoms with E-state index in [1.54, 1.807) is 18.2 Å². The molecule has 0 saturated carbocycles. The molecule has 28 heavy (non-hydrogen) atoms. The van der Waals surface area contributed by atoms with E-state index in [2.05, 4.69) is 21.2 Å². The number of amides is 1. The van der Waals surface area contributed by atoms with Crippen LogP contribution in [0.3, 0.4) is 0 Å². The molecule has 1 N–H and O–H groups in total. The SMILES string of the molecule is CCOc1c(Br)cc(C(=O)OC(C)C(=O)Nc2cccc(C#N)c2)cc1OC. The maximum atomic E-state index is 12.4. The molecule has 0 spiro atoms. The average Bonchev–Trinajstić information content (AvgIpc) is 2.69. The number of carbonyl (C=O) groups excluding carboxylic acids is 2. The third kappa shape index (κ3) is 5.24. The second-order valence-corrected chi connectivity index (χ2v) is 6.51. The van der Waals surface area contributed by atoms with E-state index in [0.29, 0.717) is 33.8 Å². The summed E-state index contributed by atoms with van der Waals surface area (Å²) >= 11 is 3.34. The van der Waals surface area contributed by atoms with Crippen molar-refractivity contribution in [1.82, 2.24) is 0 Å². The smallest absolute Gasteiger partial charge is 0.339 e. The average molecular weight is 447 g/mol. The van der Waals surface area contributed by atoms with E-state index in [-0.39, 0.29) is 5.56 Å². The van der Waals surface area contributed by atoms with Crippen molar-refractivity contribution in [3.63, 3.8) is 0 Å². The highest BCUT2D eigenvalue weighted by Gasteiger charge is 2.22. The lowest BCUT2D eigenvalue weighted by Gasteiger charge is -2.16. The molecule has 0 radical (unpaired) electrons. The van der Waals surface area contributed by atoms with Crippen LogP contribution < -0.4 is 14.8 Å². The first-order valence-corrected chi connectivity index (χ1v) is 9.21. The topological polar surface area (TPSA) is 97.6 Å². The van der Waals surface area contributed by atoms with Gasteiger partial charge in [-0.05, 0) is 60.1 Å². The Kier molecular flexibility index (Phi) is 7.41. The largest absolute Gasteiger partial charge is 0.493 e. The van der Waals surface area contributed by atoms with Crippen LogP contribution in [0.4, 0.5) is 5.69 Å². The van der Waals surface area contributed by atoms with Crippen molar-refractivity contribution in [3.05, 3.63) is 52.0 Å². The number of hydrogen-bond donors (Lipinski definition) is 1. The van der Waals surface area contributed by atoms with Gasteiger partial charge in [-0.1, -0.05) is 6.07 Å². The van der Waals surface area contributed by atoms with Gasteiger partial charge in [-0.25, -0.2) is 4.79 Å². The molecule has 146 valence electrons. The summed E-state index contributed by atoms with van der Waals surface area (Å²) in [5.41, 5.74) is 1.06. The van der Waals surface area contributed by atoms with Gasteiger partial charge in [0, 0.05) is 5.69 Å². The van der Waals surface area contributed by atoms with Crippen molar-refractivity contribution in [2.24, 2.45) is 0 Å². The minimum absolute atomic E-state index is 0.207. The lowest BCUT2D eigenvalue weighted by molar-refractivity contribution is -0.123. The Hall–Kier alpha value is -3.05. The molecule has 7 nitrogen and oxygen atoms in total. The summed E-state index contributed by atoms with van der Waals surface area (Å²) in [4.78, 5) is 24.7. The van der Waals surface area contributed by atoms with Crippen LogP contribution in [0.25, 0.3) is 0 Å². The van der Waals surface area contributed by atoms with Gasteiger partial charge in [0.2, 0.25) is 0 Å². The van der Waals surface area contributed by atoms with Crippen LogP contribution in [-0.4, -0.2) is 31.7 Å². The summed E-state index contributed by atoms with van der Waals surface area (Å²) in [7, 11) is 1.46. The third-order valence-corrected chi connectivity index (χ3v) is 4.26. The molecule has 0 bridgehead atoms. The highest BCUT2D eigenvalue weighted by atomic mass is 79.9. The molecule has 0 heterocycles. The number of nitriles is 1. The second kappa shape index (κ2) is 9.76. The first kappa shape index (κ1) is 21.3. The van der Waals surface area contributed by atoms with Gasteiger partial charge < -0.3 is 19.5 Å². The summed E-state index contributed by atoms with van der Waals surface area (Å²) in [6, 6.07) is 11.5. The highest BCUT2D eigenvalue weighted by Crippen LogP contribution is 2.36. The van der Waals surface area contributed by atoms with Gasteiger partial charge in [0.15, 0.2) is 17.6 Å². The Morgan fingerprint density at radius 3 is 2.68 bits per heavy atom. The molecule has 2 aromatic carbocycles. The summed E-state index contributed by atoms with van der Waals surface area (Å²) < 4.78 is 16.5. The number of anilines is 1. The van der Waals surface area contributed by atoms with Crippen molar-refractivity contribution in [3.8, 4) is 17.6 Å². The van der Waals surface area contributed by atoms with E-state index < -0.39 is 18.0 Å². The fraction of sp³-hybridized carbons (Fsp3) is 0.250. The quantitative estimate of drug-likeness (QED) is 0.647. The van der Waals surface area contributed by atoms with E-state index in [1.165, 1.54) is 32.2 Å². The molecular formula is C20H19BrN2O5. The fourth-order valence-electron chi connectivity index (χ4n) is 2.31. The van der Waals surface area contributed by atoms with Crippen LogP contribution in [0.15, 0.2) is 40.9 Å². The van der Waals surface area contributed by atoms with Crippen LogP contribution in [0, 0.1) is 11.3 Å². The first-order chi connectivity index (χ1) is 13.4. The van der Waals surface area contributed by atoms with Crippen molar-refractivity contribution in [1.29, 1.82) is 5.26 Å². The summed E-state index contributed by atoms with van der Waals surface area (Å²) in [5, 5.41) is 11.5. The number of nitrogens with one attached hydrogen (secondary N) is 1. The summed E-state index contributed by atoms with van der Waals surface area (Å²) in [5.74, 6) is -0.353. The van der Waals surface area contributed by atoms with Crippen LogP contribution in [0.1, 0.15) is 29.8 Å². The molecule has 0 aliphatic rings. The lowest BCUT2D eigenvalue weighted by atomic mass is 10.2. The van der Waals surface area contributed by atoms with E-state index in [1.807, 2.05) is 13.0 Å². The van der Waals surface area contributed by atoms with Gasteiger partial charge in [0.05, 0.1) is 35.4 Å². The number of esters is 1. The second-order valence-electron chi connectivity index (χ2n) is 5.65. The number of methoxy groups -OCH3 is 1. The molecule has 0 aliphatic heterocycles. The van der Waals surface area contributed by atoms with E-state index in [9.17, 15) is 9.59 Å². The molecule has 0 aromatic heterocycles. The molecule has 0 aliphatic carbocycles. The standard InChI is InChI=1S/C20H19BrN2O5/c1-4-27-18-16(21)9-14(10-17(18)26-3)20(25)28-12(2)19(24)23-15-7-5-6-13(8-15)11-22/h5-10,12H,4H2,1-3H3,(H,23,24). The van der Waals surface area contributed by atoms with Crippen LogP contribution in [0.5, 0.6) is 11.5 Å². The zero-order chi connectivity index (χ0) is 20.7. The van der Waals surface area contributed by atoms with Crippen molar-refractivity contribution < 1.29 is 23.8 Å². The van der Waals surface area contributed by atoms with Gasteiger partial charge in [-0.15, -0.1) is 0 Å². The number of ether oxygens (including phenoxy) is 3. The van der Waals surface area contributed by atoms with Crippen LogP contribution >= 0.6 is 15.9 Å². The number of nitrogens with zero attached hydrogens (tertiary/aromatic N) is 1. The molecule has 2 aromatic rings. The van der Waals surface area contributed by atoms with Gasteiger partial charge in [-0.3, -0.25) is 4.79 Å². The Labute approximate surface area is 171 Å². The number of rotatable bonds is 7. The Balaban J connectivity index is 2.10. The summed E-state index contributed by atoms with van der Waals surface area (Å²) in [6.07, 6.45) is -1.05. The number of benzene rings is 2. The molecule has 0 saturated heterocycles. The predicted molar refractivity (Wildman–Crippen MR) is 107 cm³/mol. The molecule has 2 rings (SSSR count). The van der Waals surface area contributed by atoms with Crippen molar-refractivity contribution >= 4 is 33.5 Å². The van der Waals surface area contributed by atoms with Gasteiger partial charge in [0.25, 0.3) is 5.91 Å². The number of carbonyl (C=O) groups is 2. The molecule has 0 fully saturated rings. The normalized spacial score (nSPS) is 11.1. The van der Waals surface area contributed by atoms with Gasteiger partial charge in [0.1, 0.15) is 0 Å². The molecule has 1 unspecified atom stereocenters. The maximum absolute atomic E-state index is 12.4. The van der Waals surface area contributed by atoms with E-state index in [0.717, 1.165) is 0 Å². The van der Waals surface area contributed by atoms with Crippen LogP contribution in [0.2, 0.25) is 0 Å². The van der Waals surface area contributed by atoms with Crippen molar-refractivity contribution in [2.45, 2.75) is 20.0 Å². The minimum atomic E-state index is -1.05. The Morgan fingerprint density at radius 2 is 2.04 bits per heavy atom. The number of hydrogen-bond acceptors (Lipinski definition) is 6. The molecule has 1 amide bonds. The lowest BCUT2D eigenvalue weighted by Crippen LogP contribution is -2.30. The molecule has 8 heteroatoms. The van der Waals surface area contributed by atoms with Crippen molar-refractivity contribution in [2.75, 3.05) is 19.0 Å². The summed E-state index contributed by atoms with van der Waals surface area (Å²) in [6.45, 7) is 3.73. The Bertz CT molecular complexity index is 923. The monoisotopic (exact) mass is 446 g/mol. The third-order valence-electron chi connectivity index (χ3n) is 3.67. The fourth-order valence-corrected chi connectivity index (χ4v) is 2.87. The first-order valence-electron chi connectivity index (χ1n) is 8.42. The van der Waals surface area contributed by atoms with Crippen LogP contribution in [-0.2, 0) is 9.53 Å². The Morgan fingerprint density at radius 1 is 1.29 bits per heavy atom. The van der Waals surface area contributed by atoms with E-state index >= 15 is 0 Å². The minimum Gasteiger partial charge on any atom is -0.493 e. The van der Waals surface area contributed by atoms with Gasteiger partial charge >= 0.3 is 5.97 Å². The molecule has 1 atom stereocenters. The zero-order valence-electron chi connectivity index (χ0n) is 15.6. The predicted octanol–water partition coefficient (Wildman–Crippen LogP) is 3.91. The van der Waals surface area contributed by atoms with Gasteiger partial charge in [-0.2, -0.15) is 5.26 Å². The van der Waals surface area contributed by atoms with E-state index in [4.69, 9.17) is 19.5 Å². The maximum Gasteiger partial charge on any atom is 0.339 e. The molecular weight excluding hydrogens is 428 g/mol. The number of halogens is 1. The highest BCUT2D eigenvalue weighted by molar-refractivity contribution is 9.10. The zero-order valence-corrected chi connectivity index (χ0v) is 17.2.